The monoisotopic (exact) mass is 273 g/mol. The summed E-state index contributed by atoms with van der Waals surface area (Å²) in [7, 11) is 0. The van der Waals surface area contributed by atoms with Crippen LogP contribution in [0.4, 0.5) is 13.2 Å². The maximum Gasteiger partial charge on any atom is 0.251 e. The lowest BCUT2D eigenvalue weighted by Crippen LogP contribution is -2.38. The summed E-state index contributed by atoms with van der Waals surface area (Å²) in [5, 5.41) is 2.64. The molecule has 1 fully saturated rings. The number of amides is 1. The van der Waals surface area contributed by atoms with Gasteiger partial charge < -0.3 is 10.1 Å². The Hall–Kier alpha value is -1.56. The second-order valence-corrected chi connectivity index (χ2v) is 4.64. The summed E-state index contributed by atoms with van der Waals surface area (Å²) in [6.07, 6.45) is 0.827. The third-order valence-corrected chi connectivity index (χ3v) is 3.28. The van der Waals surface area contributed by atoms with Crippen molar-refractivity contribution in [3.63, 3.8) is 0 Å². The van der Waals surface area contributed by atoms with Crippen LogP contribution in [0, 0.1) is 23.4 Å². The summed E-state index contributed by atoms with van der Waals surface area (Å²) in [6.45, 7) is 2.99. The Balaban J connectivity index is 2.07. The zero-order chi connectivity index (χ0) is 14.0. The molecule has 1 aromatic rings. The molecule has 1 N–H and O–H groups in total. The van der Waals surface area contributed by atoms with E-state index in [1.165, 1.54) is 0 Å². The first-order valence-corrected chi connectivity index (χ1v) is 6.02. The molecular weight excluding hydrogens is 259 g/mol. The Bertz CT molecular complexity index is 464. The number of ether oxygens (including phenoxy) is 1. The van der Waals surface area contributed by atoms with Gasteiger partial charge >= 0.3 is 0 Å². The molecule has 1 aliphatic heterocycles. The van der Waals surface area contributed by atoms with Crippen molar-refractivity contribution in [1.82, 2.24) is 5.32 Å². The van der Waals surface area contributed by atoms with E-state index in [0.717, 1.165) is 6.42 Å². The number of rotatable bonds is 3. The van der Waals surface area contributed by atoms with Crippen molar-refractivity contribution in [3.8, 4) is 0 Å². The van der Waals surface area contributed by atoms with Crippen molar-refractivity contribution < 1.29 is 22.7 Å². The topological polar surface area (TPSA) is 38.3 Å². The van der Waals surface area contributed by atoms with Gasteiger partial charge in [-0.3, -0.25) is 4.79 Å². The highest BCUT2D eigenvalue weighted by Gasteiger charge is 2.24. The van der Waals surface area contributed by atoms with E-state index in [2.05, 4.69) is 5.32 Å². The molecule has 19 heavy (non-hydrogen) atoms. The molecule has 1 heterocycles. The highest BCUT2D eigenvalue weighted by Crippen LogP contribution is 2.18. The predicted octanol–water partition coefficient (Wildman–Crippen LogP) is 2.26. The van der Waals surface area contributed by atoms with Crippen LogP contribution in [0.2, 0.25) is 0 Å². The molecule has 1 saturated heterocycles. The van der Waals surface area contributed by atoms with E-state index in [0.29, 0.717) is 25.3 Å². The van der Waals surface area contributed by atoms with E-state index >= 15 is 0 Å². The highest BCUT2D eigenvalue weighted by atomic mass is 19.2. The second-order valence-electron chi connectivity index (χ2n) is 4.64. The Morgan fingerprint density at radius 3 is 2.53 bits per heavy atom. The van der Waals surface area contributed by atoms with E-state index in [9.17, 15) is 18.0 Å². The minimum absolute atomic E-state index is 0.175. The van der Waals surface area contributed by atoms with Crippen LogP contribution in [0.3, 0.4) is 0 Å². The molecule has 2 rings (SSSR count). The van der Waals surface area contributed by atoms with Crippen LogP contribution in [-0.4, -0.2) is 25.2 Å². The standard InChI is InChI=1S/C13H14F3NO2/c1-7(8-2-3-19-6-8)17-13(18)9-4-10(14)12(16)11(15)5-9/h4-5,7-8H,2-3,6H2,1H3,(H,17,18). The van der Waals surface area contributed by atoms with Gasteiger partial charge in [0.05, 0.1) is 6.61 Å². The fourth-order valence-corrected chi connectivity index (χ4v) is 2.04. The molecule has 0 spiro atoms. The van der Waals surface area contributed by atoms with Crippen molar-refractivity contribution in [2.45, 2.75) is 19.4 Å². The fourth-order valence-electron chi connectivity index (χ4n) is 2.04. The van der Waals surface area contributed by atoms with Crippen molar-refractivity contribution >= 4 is 5.91 Å². The first-order valence-electron chi connectivity index (χ1n) is 6.02. The van der Waals surface area contributed by atoms with Gasteiger partial charge in [-0.2, -0.15) is 0 Å². The average Bonchev–Trinajstić information content (AvgIpc) is 2.89. The molecule has 1 amide bonds. The quantitative estimate of drug-likeness (QED) is 0.858. The molecule has 0 radical (unpaired) electrons. The van der Waals surface area contributed by atoms with Gasteiger partial charge in [-0.15, -0.1) is 0 Å². The third-order valence-electron chi connectivity index (χ3n) is 3.28. The highest BCUT2D eigenvalue weighted by molar-refractivity contribution is 5.94. The Labute approximate surface area is 108 Å². The lowest BCUT2D eigenvalue weighted by molar-refractivity contribution is 0.0921. The molecule has 6 heteroatoms. The molecule has 1 aliphatic rings. The molecule has 2 atom stereocenters. The van der Waals surface area contributed by atoms with Gasteiger partial charge in [0.25, 0.3) is 5.91 Å². The fraction of sp³-hybridized carbons (Fsp3) is 0.462. The Morgan fingerprint density at radius 2 is 2.00 bits per heavy atom. The van der Waals surface area contributed by atoms with Gasteiger partial charge in [0.2, 0.25) is 0 Å². The number of nitrogens with one attached hydrogen (secondary N) is 1. The first kappa shape index (κ1) is 13.9. The first-order chi connectivity index (χ1) is 8.99. The molecule has 2 unspecified atom stereocenters. The van der Waals surface area contributed by atoms with Gasteiger partial charge in [-0.05, 0) is 25.5 Å². The van der Waals surface area contributed by atoms with E-state index in [-0.39, 0.29) is 17.5 Å². The summed E-state index contributed by atoms with van der Waals surface area (Å²) >= 11 is 0. The Kier molecular flexibility index (Phi) is 4.09. The second kappa shape index (κ2) is 5.61. The van der Waals surface area contributed by atoms with Crippen LogP contribution in [-0.2, 0) is 4.74 Å². The maximum atomic E-state index is 13.0. The normalized spacial score (nSPS) is 20.3. The number of carbonyl (C=O) groups excluding carboxylic acids is 1. The molecule has 0 saturated carbocycles. The van der Waals surface area contributed by atoms with Crippen molar-refractivity contribution in [1.29, 1.82) is 0 Å². The lowest BCUT2D eigenvalue weighted by atomic mass is 10.0. The van der Waals surface area contributed by atoms with Crippen LogP contribution >= 0.6 is 0 Å². The molecule has 104 valence electrons. The molecule has 1 aromatic carbocycles. The van der Waals surface area contributed by atoms with Crippen LogP contribution in [0.25, 0.3) is 0 Å². The van der Waals surface area contributed by atoms with Crippen LogP contribution in [0.15, 0.2) is 12.1 Å². The van der Waals surface area contributed by atoms with E-state index in [1.54, 1.807) is 6.92 Å². The van der Waals surface area contributed by atoms with Gasteiger partial charge in [0.1, 0.15) is 0 Å². The lowest BCUT2D eigenvalue weighted by Gasteiger charge is -2.19. The predicted molar refractivity (Wildman–Crippen MR) is 62.2 cm³/mol. The maximum absolute atomic E-state index is 13.0. The van der Waals surface area contributed by atoms with Gasteiger partial charge in [-0.25, -0.2) is 13.2 Å². The zero-order valence-corrected chi connectivity index (χ0v) is 10.4. The zero-order valence-electron chi connectivity index (χ0n) is 10.4. The number of carbonyl (C=O) groups is 1. The van der Waals surface area contributed by atoms with Gasteiger partial charge in [0, 0.05) is 24.1 Å². The largest absolute Gasteiger partial charge is 0.381 e. The van der Waals surface area contributed by atoms with Crippen molar-refractivity contribution in [2.75, 3.05) is 13.2 Å². The van der Waals surface area contributed by atoms with Crippen LogP contribution in [0.1, 0.15) is 23.7 Å². The molecule has 0 aromatic heterocycles. The average molecular weight is 273 g/mol. The molecule has 0 bridgehead atoms. The summed E-state index contributed by atoms with van der Waals surface area (Å²) in [6, 6.07) is 1.20. The number of halogens is 3. The summed E-state index contributed by atoms with van der Waals surface area (Å²) in [4.78, 5) is 11.8. The minimum atomic E-state index is -1.58. The molecular formula is C13H14F3NO2. The van der Waals surface area contributed by atoms with Gasteiger partial charge in [-0.1, -0.05) is 0 Å². The summed E-state index contributed by atoms with van der Waals surface area (Å²) in [5.41, 5.74) is -0.234. The van der Waals surface area contributed by atoms with Gasteiger partial charge in [0.15, 0.2) is 17.5 Å². The number of hydrogen-bond acceptors (Lipinski definition) is 2. The number of hydrogen-bond donors (Lipinski definition) is 1. The van der Waals surface area contributed by atoms with E-state index in [1.807, 2.05) is 0 Å². The SMILES string of the molecule is CC(NC(=O)c1cc(F)c(F)c(F)c1)C1CCOC1. The van der Waals surface area contributed by atoms with Crippen molar-refractivity contribution in [2.24, 2.45) is 5.92 Å². The Morgan fingerprint density at radius 1 is 1.37 bits per heavy atom. The van der Waals surface area contributed by atoms with Crippen molar-refractivity contribution in [3.05, 3.63) is 35.1 Å². The van der Waals surface area contributed by atoms with E-state index < -0.39 is 23.4 Å². The summed E-state index contributed by atoms with van der Waals surface area (Å²) in [5.74, 6) is -4.77. The molecule has 0 aliphatic carbocycles. The summed E-state index contributed by atoms with van der Waals surface area (Å²) < 4.78 is 44.0. The minimum Gasteiger partial charge on any atom is -0.381 e. The smallest absolute Gasteiger partial charge is 0.251 e. The van der Waals surface area contributed by atoms with E-state index in [4.69, 9.17) is 4.74 Å². The number of benzene rings is 1. The van der Waals surface area contributed by atoms with Crippen LogP contribution < -0.4 is 5.32 Å². The third kappa shape index (κ3) is 3.07. The van der Waals surface area contributed by atoms with Crippen LogP contribution in [0.5, 0.6) is 0 Å². The molecule has 3 nitrogen and oxygen atoms in total.